The summed E-state index contributed by atoms with van der Waals surface area (Å²) in [6.07, 6.45) is 7.20. The van der Waals surface area contributed by atoms with Gasteiger partial charge < -0.3 is 16.0 Å². The van der Waals surface area contributed by atoms with Crippen LogP contribution in [0.3, 0.4) is 0 Å². The zero-order valence-electron chi connectivity index (χ0n) is 11.1. The highest BCUT2D eigenvalue weighted by molar-refractivity contribution is 5.40. The van der Waals surface area contributed by atoms with E-state index in [4.69, 9.17) is 0 Å². The Morgan fingerprint density at radius 2 is 2.18 bits per heavy atom. The molecule has 1 aliphatic heterocycles. The van der Waals surface area contributed by atoms with Crippen molar-refractivity contribution in [1.82, 2.24) is 16.0 Å². The number of nitrogens with one attached hydrogen (secondary N) is 3. The van der Waals surface area contributed by atoms with Crippen LogP contribution in [0.4, 0.5) is 0 Å². The van der Waals surface area contributed by atoms with E-state index in [9.17, 15) is 0 Å². The zero-order valence-corrected chi connectivity index (χ0v) is 11.1. The van der Waals surface area contributed by atoms with Gasteiger partial charge in [-0.1, -0.05) is 13.0 Å². The summed E-state index contributed by atoms with van der Waals surface area (Å²) in [5, 5.41) is 10.3. The second kappa shape index (κ2) is 5.30. The van der Waals surface area contributed by atoms with Crippen LogP contribution in [0.1, 0.15) is 39.5 Å². The van der Waals surface area contributed by atoms with E-state index in [2.05, 4.69) is 35.9 Å². The van der Waals surface area contributed by atoms with E-state index < -0.39 is 0 Å². The highest BCUT2D eigenvalue weighted by Crippen LogP contribution is 2.29. The van der Waals surface area contributed by atoms with Crippen LogP contribution in [0.5, 0.6) is 0 Å². The first-order valence-corrected chi connectivity index (χ1v) is 6.57. The van der Waals surface area contributed by atoms with Crippen LogP contribution in [0.2, 0.25) is 0 Å². The summed E-state index contributed by atoms with van der Waals surface area (Å²) in [6, 6.07) is 0. The summed E-state index contributed by atoms with van der Waals surface area (Å²) in [7, 11) is 1.97. The van der Waals surface area contributed by atoms with Crippen molar-refractivity contribution in [3.05, 3.63) is 34.4 Å². The van der Waals surface area contributed by atoms with Crippen LogP contribution in [-0.2, 0) is 0 Å². The summed E-state index contributed by atoms with van der Waals surface area (Å²) in [6.45, 7) is 5.21. The molecule has 2 rings (SSSR count). The topological polar surface area (TPSA) is 36.1 Å². The number of allylic oxidation sites excluding steroid dienone is 3. The smallest absolute Gasteiger partial charge is 0.0768 e. The third-order valence-electron chi connectivity index (χ3n) is 3.54. The standard InChI is InChI=1S/C14H23N3/c1-4-6-12-14(10(2)15-3)16-9-13(17-12)11-7-5-8-11/h6,15-17H,4-5,7-9H2,1-3H3/b12-6+,14-10-. The Bertz CT molecular complexity index is 382. The fourth-order valence-corrected chi connectivity index (χ4v) is 2.23. The van der Waals surface area contributed by atoms with Crippen LogP contribution in [-0.4, -0.2) is 13.6 Å². The van der Waals surface area contributed by atoms with E-state index in [1.54, 1.807) is 5.57 Å². The molecule has 0 spiro atoms. The van der Waals surface area contributed by atoms with E-state index >= 15 is 0 Å². The number of hydrogen-bond acceptors (Lipinski definition) is 3. The maximum absolute atomic E-state index is 3.60. The molecule has 94 valence electrons. The van der Waals surface area contributed by atoms with Crippen molar-refractivity contribution in [3.63, 3.8) is 0 Å². The minimum absolute atomic E-state index is 0.935. The van der Waals surface area contributed by atoms with Gasteiger partial charge in [-0.25, -0.2) is 0 Å². The Kier molecular flexibility index (Phi) is 3.77. The molecule has 3 N–H and O–H groups in total. The molecule has 0 atom stereocenters. The Labute approximate surface area is 104 Å². The van der Waals surface area contributed by atoms with Crippen LogP contribution in [0.25, 0.3) is 0 Å². The molecule has 3 heteroatoms. The van der Waals surface area contributed by atoms with Gasteiger partial charge in [0, 0.05) is 18.4 Å². The lowest BCUT2D eigenvalue weighted by molar-refractivity contribution is 0.608. The lowest BCUT2D eigenvalue weighted by Gasteiger charge is -2.31. The summed E-state index contributed by atoms with van der Waals surface area (Å²) in [5.74, 6) is 0. The molecule has 1 heterocycles. The maximum atomic E-state index is 3.60. The van der Waals surface area contributed by atoms with Crippen LogP contribution in [0, 0.1) is 0 Å². The average molecular weight is 233 g/mol. The lowest BCUT2D eigenvalue weighted by Crippen LogP contribution is -2.38. The second-order valence-corrected chi connectivity index (χ2v) is 4.69. The van der Waals surface area contributed by atoms with Gasteiger partial charge in [-0.3, -0.25) is 0 Å². The summed E-state index contributed by atoms with van der Waals surface area (Å²) in [5.41, 5.74) is 6.61. The van der Waals surface area contributed by atoms with Crippen LogP contribution >= 0.6 is 0 Å². The fraction of sp³-hybridized carbons (Fsp3) is 0.571. The predicted octanol–water partition coefficient (Wildman–Crippen LogP) is 2.36. The van der Waals surface area contributed by atoms with Crippen molar-refractivity contribution in [2.45, 2.75) is 39.5 Å². The highest BCUT2D eigenvalue weighted by Gasteiger charge is 2.21. The number of hydrogen-bond donors (Lipinski definition) is 3. The Morgan fingerprint density at radius 3 is 2.71 bits per heavy atom. The third kappa shape index (κ3) is 2.48. The second-order valence-electron chi connectivity index (χ2n) is 4.69. The van der Waals surface area contributed by atoms with E-state index in [0.29, 0.717) is 0 Å². The first kappa shape index (κ1) is 12.1. The molecule has 0 radical (unpaired) electrons. The van der Waals surface area contributed by atoms with Gasteiger partial charge in [-0.05, 0) is 38.2 Å². The van der Waals surface area contributed by atoms with Gasteiger partial charge >= 0.3 is 0 Å². The number of piperazine rings is 1. The highest BCUT2D eigenvalue weighted by atomic mass is 15.1. The molecule has 1 saturated heterocycles. The molecule has 0 bridgehead atoms. The fourth-order valence-electron chi connectivity index (χ4n) is 2.23. The van der Waals surface area contributed by atoms with Crippen molar-refractivity contribution in [2.24, 2.45) is 0 Å². The van der Waals surface area contributed by atoms with Crippen LogP contribution in [0.15, 0.2) is 34.4 Å². The molecule has 1 saturated carbocycles. The van der Waals surface area contributed by atoms with Gasteiger partial charge in [0.15, 0.2) is 0 Å². The van der Waals surface area contributed by atoms with E-state index in [1.165, 1.54) is 42.1 Å². The summed E-state index contributed by atoms with van der Waals surface area (Å²) >= 11 is 0. The molecule has 0 aromatic rings. The van der Waals surface area contributed by atoms with E-state index in [0.717, 1.165) is 13.0 Å². The van der Waals surface area contributed by atoms with Gasteiger partial charge in [-0.15, -0.1) is 0 Å². The quantitative estimate of drug-likeness (QED) is 0.685. The van der Waals surface area contributed by atoms with Gasteiger partial charge in [0.25, 0.3) is 0 Å². The van der Waals surface area contributed by atoms with E-state index in [1.807, 2.05) is 7.05 Å². The normalized spacial score (nSPS) is 25.0. The maximum Gasteiger partial charge on any atom is 0.0768 e. The molecule has 1 aliphatic carbocycles. The van der Waals surface area contributed by atoms with Crippen molar-refractivity contribution < 1.29 is 0 Å². The van der Waals surface area contributed by atoms with Gasteiger partial charge in [0.2, 0.25) is 0 Å². The SMILES string of the molecule is CC/C=C1/NC(=C2CCC2)CN/C1=C(/C)NC. The van der Waals surface area contributed by atoms with Crippen molar-refractivity contribution in [3.8, 4) is 0 Å². The lowest BCUT2D eigenvalue weighted by atomic mass is 9.89. The molecule has 0 amide bonds. The first-order chi connectivity index (χ1) is 8.26. The zero-order chi connectivity index (χ0) is 12.3. The Balaban J connectivity index is 2.22. The minimum atomic E-state index is 0.935. The summed E-state index contributed by atoms with van der Waals surface area (Å²) < 4.78 is 0. The van der Waals surface area contributed by atoms with Crippen molar-refractivity contribution in [2.75, 3.05) is 13.6 Å². The molecule has 2 fully saturated rings. The van der Waals surface area contributed by atoms with Crippen molar-refractivity contribution in [1.29, 1.82) is 0 Å². The predicted molar refractivity (Wildman–Crippen MR) is 72.1 cm³/mol. The molecule has 17 heavy (non-hydrogen) atoms. The molecule has 3 nitrogen and oxygen atoms in total. The molecule has 0 unspecified atom stereocenters. The molecule has 0 aromatic heterocycles. The first-order valence-electron chi connectivity index (χ1n) is 6.57. The molecular formula is C14H23N3. The molecular weight excluding hydrogens is 210 g/mol. The van der Waals surface area contributed by atoms with Crippen LogP contribution < -0.4 is 16.0 Å². The average Bonchev–Trinajstić information content (AvgIpc) is 2.27. The van der Waals surface area contributed by atoms with Gasteiger partial charge in [0.1, 0.15) is 0 Å². The van der Waals surface area contributed by atoms with Gasteiger partial charge in [-0.2, -0.15) is 0 Å². The largest absolute Gasteiger partial charge is 0.390 e. The Hall–Kier alpha value is -1.38. The Morgan fingerprint density at radius 1 is 1.41 bits per heavy atom. The number of rotatable bonds is 2. The van der Waals surface area contributed by atoms with E-state index in [-0.39, 0.29) is 0 Å². The minimum Gasteiger partial charge on any atom is -0.390 e. The molecule has 0 aromatic carbocycles. The van der Waals surface area contributed by atoms with Gasteiger partial charge in [0.05, 0.1) is 17.9 Å². The molecule has 2 aliphatic rings. The monoisotopic (exact) mass is 233 g/mol. The third-order valence-corrected chi connectivity index (χ3v) is 3.54. The summed E-state index contributed by atoms with van der Waals surface area (Å²) in [4.78, 5) is 0. The van der Waals surface area contributed by atoms with Crippen molar-refractivity contribution >= 4 is 0 Å².